The predicted molar refractivity (Wildman–Crippen MR) is 102 cm³/mol. The molecular weight excluding hydrogens is 376 g/mol. The van der Waals surface area contributed by atoms with Gasteiger partial charge in [0.2, 0.25) is 0 Å². The van der Waals surface area contributed by atoms with Gasteiger partial charge in [-0.15, -0.1) is 0 Å². The average molecular weight is 394 g/mol. The highest BCUT2D eigenvalue weighted by Gasteiger charge is 2.46. The molecule has 0 saturated heterocycles. The van der Waals surface area contributed by atoms with E-state index in [1.54, 1.807) is 38.3 Å². The van der Waals surface area contributed by atoms with Crippen molar-refractivity contribution in [1.29, 1.82) is 0 Å². The largest absolute Gasteiger partial charge is 0.496 e. The van der Waals surface area contributed by atoms with Crippen molar-refractivity contribution in [2.24, 2.45) is 0 Å². The lowest BCUT2D eigenvalue weighted by molar-refractivity contribution is -0.172. The van der Waals surface area contributed by atoms with E-state index in [9.17, 15) is 19.8 Å². The number of hydrogen-bond donors (Lipinski definition) is 2. The normalized spacial score (nSPS) is 22.1. The molecule has 3 aromatic rings. The molecule has 2 aliphatic rings. The van der Waals surface area contributed by atoms with E-state index in [1.165, 1.54) is 4.57 Å². The van der Waals surface area contributed by atoms with Crippen molar-refractivity contribution in [2.75, 3.05) is 7.11 Å². The molecule has 0 bridgehead atoms. The molecule has 0 radical (unpaired) electrons. The molecule has 5 rings (SSSR count). The molecule has 2 aromatic heterocycles. The predicted octanol–water partition coefficient (Wildman–Crippen LogP) is 1.58. The molecular formula is C21H18N2O6. The van der Waals surface area contributed by atoms with Gasteiger partial charge < -0.3 is 19.7 Å². The van der Waals surface area contributed by atoms with E-state index in [1.807, 2.05) is 6.07 Å². The van der Waals surface area contributed by atoms with E-state index in [0.717, 1.165) is 0 Å². The molecule has 0 saturated carbocycles. The van der Waals surface area contributed by atoms with Gasteiger partial charge in [0.05, 0.1) is 29.6 Å². The van der Waals surface area contributed by atoms with E-state index in [0.29, 0.717) is 33.6 Å². The summed E-state index contributed by atoms with van der Waals surface area (Å²) >= 11 is 0. The monoisotopic (exact) mass is 394 g/mol. The number of methoxy groups -OCH3 is 1. The summed E-state index contributed by atoms with van der Waals surface area (Å²) in [7, 11) is 1.55. The number of nitrogens with zero attached hydrogens (tertiary/aromatic N) is 2. The van der Waals surface area contributed by atoms with E-state index >= 15 is 0 Å². The molecule has 0 aliphatic carbocycles. The van der Waals surface area contributed by atoms with E-state index < -0.39 is 23.4 Å². The molecule has 2 unspecified atom stereocenters. The number of esters is 1. The fourth-order valence-electron chi connectivity index (χ4n) is 4.20. The molecule has 0 fully saturated rings. The molecule has 29 heavy (non-hydrogen) atoms. The number of benzene rings is 1. The zero-order valence-corrected chi connectivity index (χ0v) is 15.8. The maximum atomic E-state index is 13.2. The van der Waals surface area contributed by atoms with Crippen LogP contribution in [0.1, 0.15) is 36.3 Å². The van der Waals surface area contributed by atoms with Crippen molar-refractivity contribution in [2.45, 2.75) is 31.8 Å². The van der Waals surface area contributed by atoms with Crippen LogP contribution in [0.15, 0.2) is 35.1 Å². The zero-order chi connectivity index (χ0) is 20.5. The number of carbonyl (C=O) groups excluding carboxylic acids is 1. The summed E-state index contributed by atoms with van der Waals surface area (Å²) in [6, 6.07) is 8.72. The fraction of sp³-hybridized carbons (Fsp3) is 0.286. The maximum Gasteiger partial charge on any atom is 0.343 e. The molecule has 2 aliphatic heterocycles. The first-order chi connectivity index (χ1) is 13.9. The van der Waals surface area contributed by atoms with Crippen LogP contribution in [0.4, 0.5) is 0 Å². The number of cyclic esters (lactones) is 1. The molecule has 1 aromatic carbocycles. The number of rotatable bonds is 2. The third-order valence-corrected chi connectivity index (χ3v) is 5.82. The summed E-state index contributed by atoms with van der Waals surface area (Å²) in [6.07, 6.45) is -1.19. The molecule has 4 heterocycles. The molecule has 8 heteroatoms. The Labute approximate surface area is 165 Å². The summed E-state index contributed by atoms with van der Waals surface area (Å²) in [5, 5.41) is 22.5. The van der Waals surface area contributed by atoms with Gasteiger partial charge >= 0.3 is 5.97 Å². The number of fused-ring (bicyclic) bond motifs is 5. The van der Waals surface area contributed by atoms with Crippen LogP contribution in [0.25, 0.3) is 22.3 Å². The van der Waals surface area contributed by atoms with Gasteiger partial charge in [0.15, 0.2) is 11.8 Å². The first-order valence-electron chi connectivity index (χ1n) is 9.25. The Morgan fingerprint density at radius 3 is 2.86 bits per heavy atom. The maximum absolute atomic E-state index is 13.2. The Kier molecular flexibility index (Phi) is 3.62. The van der Waals surface area contributed by atoms with Gasteiger partial charge in [-0.05, 0) is 30.7 Å². The van der Waals surface area contributed by atoms with Gasteiger partial charge in [0.1, 0.15) is 12.4 Å². The lowest BCUT2D eigenvalue weighted by Crippen LogP contribution is -2.44. The Morgan fingerprint density at radius 1 is 1.34 bits per heavy atom. The van der Waals surface area contributed by atoms with E-state index in [2.05, 4.69) is 4.98 Å². The molecule has 8 nitrogen and oxygen atoms in total. The Hall–Kier alpha value is -3.23. The van der Waals surface area contributed by atoms with Gasteiger partial charge in [0.25, 0.3) is 5.56 Å². The van der Waals surface area contributed by atoms with Crippen molar-refractivity contribution in [1.82, 2.24) is 9.55 Å². The SMILES string of the molecule is CCC1(O)C(=O)OCc2c1cc1n(c2=O)C(O)c2cc3c(OC)cccc3nc2-1. The minimum Gasteiger partial charge on any atom is -0.496 e. The third kappa shape index (κ3) is 2.18. The van der Waals surface area contributed by atoms with Crippen LogP contribution >= 0.6 is 0 Å². The molecule has 2 atom stereocenters. The van der Waals surface area contributed by atoms with Crippen molar-refractivity contribution in [3.05, 3.63) is 57.4 Å². The van der Waals surface area contributed by atoms with Gasteiger partial charge in [-0.1, -0.05) is 13.0 Å². The van der Waals surface area contributed by atoms with Gasteiger partial charge in [0, 0.05) is 16.5 Å². The van der Waals surface area contributed by atoms with Crippen LogP contribution in [-0.4, -0.2) is 32.8 Å². The minimum absolute atomic E-state index is 0.0550. The summed E-state index contributed by atoms with van der Waals surface area (Å²) in [6.45, 7) is 1.39. The molecule has 148 valence electrons. The number of aliphatic hydroxyl groups is 2. The summed E-state index contributed by atoms with van der Waals surface area (Å²) < 4.78 is 11.6. The van der Waals surface area contributed by atoms with Crippen LogP contribution in [0.5, 0.6) is 5.75 Å². The van der Waals surface area contributed by atoms with Gasteiger partial charge in [-0.25, -0.2) is 9.78 Å². The summed E-state index contributed by atoms with van der Waals surface area (Å²) in [5.74, 6) is -0.182. The molecule has 2 N–H and O–H groups in total. The number of hydrogen-bond acceptors (Lipinski definition) is 7. The zero-order valence-electron chi connectivity index (χ0n) is 15.8. The standard InChI is InChI=1S/C21H18N2O6/c1-3-21(27)13-8-15-17-11(7-10-14(22-17)5-4-6-16(10)28-2)18(24)23(15)19(25)12(13)9-29-20(21)26/h4-8,18,24,27H,3,9H2,1-2H3. The number of aromatic nitrogens is 2. The first-order valence-corrected chi connectivity index (χ1v) is 9.25. The lowest BCUT2D eigenvalue weighted by atomic mass is 9.86. The van der Waals surface area contributed by atoms with Crippen molar-refractivity contribution >= 4 is 16.9 Å². The Balaban J connectivity index is 1.83. The summed E-state index contributed by atoms with van der Waals surface area (Å²) in [5.41, 5.74) is -0.188. The first kappa shape index (κ1) is 17.8. The minimum atomic E-state index is -1.91. The number of carbonyl (C=O) groups is 1. The second-order valence-corrected chi connectivity index (χ2v) is 7.21. The Bertz CT molecular complexity index is 1260. The third-order valence-electron chi connectivity index (χ3n) is 5.82. The fourth-order valence-corrected chi connectivity index (χ4v) is 4.20. The molecule has 0 amide bonds. The second kappa shape index (κ2) is 5.88. The smallest absolute Gasteiger partial charge is 0.343 e. The van der Waals surface area contributed by atoms with Crippen LogP contribution in [0.2, 0.25) is 0 Å². The van der Waals surface area contributed by atoms with Crippen molar-refractivity contribution in [3.8, 4) is 17.1 Å². The quantitative estimate of drug-likeness (QED) is 0.635. The lowest BCUT2D eigenvalue weighted by Gasteiger charge is -2.31. The highest BCUT2D eigenvalue weighted by molar-refractivity contribution is 5.90. The highest BCUT2D eigenvalue weighted by atomic mass is 16.6. The van der Waals surface area contributed by atoms with Gasteiger partial charge in [-0.2, -0.15) is 0 Å². The van der Waals surface area contributed by atoms with Crippen LogP contribution in [0.3, 0.4) is 0 Å². The van der Waals surface area contributed by atoms with E-state index in [-0.39, 0.29) is 24.2 Å². The van der Waals surface area contributed by atoms with Gasteiger partial charge in [-0.3, -0.25) is 9.36 Å². The number of aliphatic hydroxyl groups excluding tert-OH is 1. The highest BCUT2D eigenvalue weighted by Crippen LogP contribution is 2.42. The Morgan fingerprint density at radius 2 is 2.14 bits per heavy atom. The van der Waals surface area contributed by atoms with Crippen molar-refractivity contribution in [3.63, 3.8) is 0 Å². The van der Waals surface area contributed by atoms with E-state index in [4.69, 9.17) is 9.47 Å². The average Bonchev–Trinajstić information content (AvgIpc) is 3.01. The van der Waals surface area contributed by atoms with Crippen LogP contribution in [-0.2, 0) is 21.7 Å². The topological polar surface area (TPSA) is 111 Å². The van der Waals surface area contributed by atoms with Crippen LogP contribution < -0.4 is 10.3 Å². The molecule has 0 spiro atoms. The summed E-state index contributed by atoms with van der Waals surface area (Å²) in [4.78, 5) is 30.0. The number of ether oxygens (including phenoxy) is 2. The number of pyridine rings is 2. The van der Waals surface area contributed by atoms with Crippen LogP contribution in [0, 0.1) is 0 Å². The second-order valence-electron chi connectivity index (χ2n) is 7.21. The van der Waals surface area contributed by atoms with Crippen molar-refractivity contribution < 1.29 is 24.5 Å².